The molecule has 0 unspecified atom stereocenters. The molecule has 148 valence electrons. The molecular weight excluding hydrogens is 383 g/mol. The van der Waals surface area contributed by atoms with E-state index >= 15 is 0 Å². The maximum absolute atomic E-state index is 14.3. The molecule has 3 rings (SSSR count). The Kier molecular flexibility index (Phi) is 6.41. The fourth-order valence-electron chi connectivity index (χ4n) is 2.83. The normalized spacial score (nSPS) is 13.1. The first-order valence-corrected chi connectivity index (χ1v) is 9.59. The van der Waals surface area contributed by atoms with E-state index in [9.17, 15) is 9.18 Å². The molecule has 0 aromatic heterocycles. The van der Waals surface area contributed by atoms with Gasteiger partial charge in [-0.15, -0.1) is 0 Å². The third kappa shape index (κ3) is 4.22. The van der Waals surface area contributed by atoms with Crippen molar-refractivity contribution in [2.75, 3.05) is 45.1 Å². The zero-order valence-corrected chi connectivity index (χ0v) is 16.7. The number of aliphatic imine (C=N–C) groups is 1. The number of anilines is 1. The van der Waals surface area contributed by atoms with Crippen molar-refractivity contribution >= 4 is 28.4 Å². The second-order valence-corrected chi connectivity index (χ2v) is 6.97. The lowest BCUT2D eigenvalue weighted by Gasteiger charge is -2.24. The monoisotopic (exact) mass is 404 g/mol. The van der Waals surface area contributed by atoms with Crippen LogP contribution in [0.3, 0.4) is 0 Å². The second kappa shape index (κ2) is 8.97. The molecular formula is C20H21FN2O4S. The molecule has 0 bridgehead atoms. The summed E-state index contributed by atoms with van der Waals surface area (Å²) in [6.45, 7) is 0.624. The fourth-order valence-corrected chi connectivity index (χ4v) is 3.70. The van der Waals surface area contributed by atoms with Crippen LogP contribution in [0.15, 0.2) is 41.4 Å². The molecule has 0 saturated heterocycles. The smallest absolute Gasteiger partial charge is 0.185 e. The summed E-state index contributed by atoms with van der Waals surface area (Å²) in [5, 5.41) is 0.717. The minimum atomic E-state index is -0.613. The maximum Gasteiger partial charge on any atom is 0.185 e. The lowest BCUT2D eigenvalue weighted by molar-refractivity contribution is 0.0998. The fraction of sp³-hybridized carbons (Fsp3) is 0.300. The van der Waals surface area contributed by atoms with Crippen molar-refractivity contribution in [3.8, 4) is 17.2 Å². The van der Waals surface area contributed by atoms with Gasteiger partial charge >= 0.3 is 0 Å². The average molecular weight is 404 g/mol. The lowest BCUT2D eigenvalue weighted by atomic mass is 10.1. The minimum Gasteiger partial charge on any atom is -0.497 e. The highest BCUT2D eigenvalue weighted by Gasteiger charge is 2.24. The molecule has 0 atom stereocenters. The predicted molar refractivity (Wildman–Crippen MR) is 109 cm³/mol. The van der Waals surface area contributed by atoms with Crippen LogP contribution >= 0.6 is 11.8 Å². The van der Waals surface area contributed by atoms with Crippen LogP contribution in [-0.2, 0) is 0 Å². The summed E-state index contributed by atoms with van der Waals surface area (Å²) < 4.78 is 30.0. The maximum atomic E-state index is 14.3. The number of rotatable bonds is 7. The molecule has 0 N–H and O–H groups in total. The van der Waals surface area contributed by atoms with E-state index in [1.807, 2.05) is 6.07 Å². The summed E-state index contributed by atoms with van der Waals surface area (Å²) in [7, 11) is 4.55. The number of nitrogens with zero attached hydrogens (tertiary/aromatic N) is 2. The number of methoxy groups -OCH3 is 3. The SMILES string of the molecule is COc1ccc(C(=O)CN(C2=NCCS2)c2ccc(OC)c(OC)c2)c(F)c1. The number of hydrogen-bond acceptors (Lipinski definition) is 7. The number of carbonyl (C=O) groups excluding carboxylic acids is 1. The number of benzene rings is 2. The van der Waals surface area contributed by atoms with Crippen LogP contribution < -0.4 is 19.1 Å². The number of ketones is 1. The van der Waals surface area contributed by atoms with Crippen molar-refractivity contribution in [1.82, 2.24) is 0 Å². The highest BCUT2D eigenvalue weighted by atomic mass is 32.2. The van der Waals surface area contributed by atoms with E-state index in [-0.39, 0.29) is 17.9 Å². The largest absolute Gasteiger partial charge is 0.497 e. The van der Waals surface area contributed by atoms with Crippen LogP contribution in [0.1, 0.15) is 10.4 Å². The molecule has 2 aromatic rings. The van der Waals surface area contributed by atoms with E-state index < -0.39 is 5.82 Å². The van der Waals surface area contributed by atoms with Crippen molar-refractivity contribution in [3.05, 3.63) is 47.8 Å². The van der Waals surface area contributed by atoms with E-state index in [0.717, 1.165) is 10.9 Å². The van der Waals surface area contributed by atoms with Crippen LogP contribution in [-0.4, -0.2) is 51.1 Å². The van der Waals surface area contributed by atoms with Crippen LogP contribution in [0, 0.1) is 5.82 Å². The van der Waals surface area contributed by atoms with Crippen molar-refractivity contribution in [1.29, 1.82) is 0 Å². The van der Waals surface area contributed by atoms with E-state index in [0.29, 0.717) is 29.5 Å². The Labute approximate surface area is 167 Å². The molecule has 0 saturated carbocycles. The van der Waals surface area contributed by atoms with Gasteiger partial charge in [0.2, 0.25) is 0 Å². The number of Topliss-reactive ketones (excluding diaryl/α,β-unsaturated/α-hetero) is 1. The Balaban J connectivity index is 1.92. The quantitative estimate of drug-likeness (QED) is 0.657. The van der Waals surface area contributed by atoms with Crippen LogP contribution in [0.5, 0.6) is 17.2 Å². The molecule has 8 heteroatoms. The molecule has 2 aromatic carbocycles. The summed E-state index contributed by atoms with van der Waals surface area (Å²) in [5.74, 6) is 1.35. The van der Waals surface area contributed by atoms with E-state index in [1.165, 1.54) is 19.2 Å². The molecule has 1 aliphatic heterocycles. The van der Waals surface area contributed by atoms with Gasteiger partial charge in [0.25, 0.3) is 0 Å². The standard InChI is InChI=1S/C20H21FN2O4S/c1-25-14-5-6-15(16(21)11-14)17(24)12-23(20-22-8-9-28-20)13-4-7-18(26-2)19(10-13)27-3/h4-7,10-11H,8-9,12H2,1-3H3. The van der Waals surface area contributed by atoms with Crippen LogP contribution in [0.4, 0.5) is 10.1 Å². The molecule has 1 aliphatic rings. The topological polar surface area (TPSA) is 60.4 Å². The Morgan fingerprint density at radius 3 is 2.50 bits per heavy atom. The van der Waals surface area contributed by atoms with Crippen molar-refractivity contribution in [2.45, 2.75) is 0 Å². The number of ether oxygens (including phenoxy) is 3. The van der Waals surface area contributed by atoms with Crippen LogP contribution in [0.25, 0.3) is 0 Å². The molecule has 28 heavy (non-hydrogen) atoms. The second-order valence-electron chi connectivity index (χ2n) is 5.91. The van der Waals surface area contributed by atoms with Gasteiger partial charge in [0.1, 0.15) is 11.6 Å². The van der Waals surface area contributed by atoms with Gasteiger partial charge < -0.3 is 19.1 Å². The van der Waals surface area contributed by atoms with Crippen LogP contribution in [0.2, 0.25) is 0 Å². The van der Waals surface area contributed by atoms with Gasteiger partial charge in [0, 0.05) is 23.6 Å². The molecule has 0 spiro atoms. The van der Waals surface area contributed by atoms with Crippen molar-refractivity contribution in [3.63, 3.8) is 0 Å². The first-order valence-electron chi connectivity index (χ1n) is 8.61. The number of amidine groups is 1. The zero-order chi connectivity index (χ0) is 20.1. The Bertz CT molecular complexity index is 904. The van der Waals surface area contributed by atoms with Gasteiger partial charge in [0.05, 0.1) is 40.0 Å². The van der Waals surface area contributed by atoms with Gasteiger partial charge in [-0.05, 0) is 24.3 Å². The first kappa shape index (κ1) is 20.0. The highest BCUT2D eigenvalue weighted by Crippen LogP contribution is 2.33. The third-order valence-electron chi connectivity index (χ3n) is 4.26. The van der Waals surface area contributed by atoms with Gasteiger partial charge in [-0.3, -0.25) is 9.79 Å². The van der Waals surface area contributed by atoms with E-state index in [1.54, 1.807) is 49.1 Å². The lowest BCUT2D eigenvalue weighted by Crippen LogP contribution is -2.33. The summed E-state index contributed by atoms with van der Waals surface area (Å²) in [5.41, 5.74) is 0.725. The van der Waals surface area contributed by atoms with Crippen molar-refractivity contribution < 1.29 is 23.4 Å². The number of halogens is 1. The average Bonchev–Trinajstić information content (AvgIpc) is 3.25. The van der Waals surface area contributed by atoms with E-state index in [4.69, 9.17) is 14.2 Å². The summed E-state index contributed by atoms with van der Waals surface area (Å²) in [4.78, 5) is 19.1. The van der Waals surface area contributed by atoms with Crippen molar-refractivity contribution in [2.24, 2.45) is 4.99 Å². The van der Waals surface area contributed by atoms with Gasteiger partial charge in [-0.25, -0.2) is 4.39 Å². The molecule has 0 aliphatic carbocycles. The predicted octanol–water partition coefficient (Wildman–Crippen LogP) is 3.64. The highest BCUT2D eigenvalue weighted by molar-refractivity contribution is 8.14. The van der Waals surface area contributed by atoms with E-state index in [2.05, 4.69) is 4.99 Å². The number of carbonyl (C=O) groups is 1. The van der Waals surface area contributed by atoms with Gasteiger partial charge in [-0.1, -0.05) is 11.8 Å². The van der Waals surface area contributed by atoms with Gasteiger partial charge in [0.15, 0.2) is 22.4 Å². The van der Waals surface area contributed by atoms with Gasteiger partial charge in [-0.2, -0.15) is 0 Å². The first-order chi connectivity index (χ1) is 13.6. The minimum absolute atomic E-state index is 0.00914. The molecule has 0 radical (unpaired) electrons. The molecule has 6 nitrogen and oxygen atoms in total. The number of hydrogen-bond donors (Lipinski definition) is 0. The molecule has 0 amide bonds. The summed E-state index contributed by atoms with van der Waals surface area (Å²) in [6, 6.07) is 9.57. The number of thioether (sulfide) groups is 1. The molecule has 0 fully saturated rings. The Morgan fingerprint density at radius 2 is 1.89 bits per heavy atom. The Hall–Kier alpha value is -2.74. The molecule has 1 heterocycles. The Morgan fingerprint density at radius 1 is 1.11 bits per heavy atom. The zero-order valence-electron chi connectivity index (χ0n) is 15.9. The summed E-state index contributed by atoms with van der Waals surface area (Å²) in [6.07, 6.45) is 0. The summed E-state index contributed by atoms with van der Waals surface area (Å²) >= 11 is 1.55. The third-order valence-corrected chi connectivity index (χ3v) is 5.25.